The zero-order valence-corrected chi connectivity index (χ0v) is 21.4. The summed E-state index contributed by atoms with van der Waals surface area (Å²) in [5.74, 6) is 0.782. The molecule has 1 aliphatic rings. The van der Waals surface area contributed by atoms with Gasteiger partial charge in [-0.1, -0.05) is 115 Å². The quantitative estimate of drug-likeness (QED) is 0.188. The first-order chi connectivity index (χ1) is 15.6. The Morgan fingerprint density at radius 1 is 0.812 bits per heavy atom. The van der Waals surface area contributed by atoms with Gasteiger partial charge >= 0.3 is 5.97 Å². The first-order valence-electron chi connectivity index (χ1n) is 13.8. The molecule has 0 heterocycles. The Labute approximate surface area is 198 Å². The molecule has 32 heavy (non-hydrogen) atoms. The van der Waals surface area contributed by atoms with Crippen LogP contribution in [0.1, 0.15) is 135 Å². The molecule has 2 heteroatoms. The van der Waals surface area contributed by atoms with Crippen LogP contribution in [0.15, 0.2) is 30.3 Å². The average Bonchev–Trinajstić information content (AvgIpc) is 2.83. The summed E-state index contributed by atoms with van der Waals surface area (Å²) in [4.78, 5) is 12.9. The van der Waals surface area contributed by atoms with Gasteiger partial charge in [-0.25, -0.2) is 0 Å². The van der Waals surface area contributed by atoms with E-state index in [1.54, 1.807) is 0 Å². The fraction of sp³-hybridized carbons (Fsp3) is 0.767. The zero-order chi connectivity index (χ0) is 23.1. The van der Waals surface area contributed by atoms with Crippen LogP contribution in [0.3, 0.4) is 0 Å². The fourth-order valence-electron chi connectivity index (χ4n) is 5.33. The predicted molar refractivity (Wildman–Crippen MR) is 137 cm³/mol. The molecule has 182 valence electrons. The third kappa shape index (κ3) is 10.1. The minimum absolute atomic E-state index is 0.0687. The Morgan fingerprint density at radius 2 is 1.34 bits per heavy atom. The highest BCUT2D eigenvalue weighted by atomic mass is 16.5. The minimum Gasteiger partial charge on any atom is -0.465 e. The van der Waals surface area contributed by atoms with Crippen molar-refractivity contribution in [1.82, 2.24) is 0 Å². The number of rotatable bonds is 16. The summed E-state index contributed by atoms with van der Waals surface area (Å²) in [5, 5.41) is 0. The van der Waals surface area contributed by atoms with Crippen molar-refractivity contribution in [3.05, 3.63) is 35.9 Å². The molecule has 0 aliphatic heterocycles. The van der Waals surface area contributed by atoms with Crippen molar-refractivity contribution in [2.75, 3.05) is 6.61 Å². The Balaban J connectivity index is 1.77. The monoisotopic (exact) mass is 442 g/mol. The third-order valence-corrected chi connectivity index (χ3v) is 7.66. The lowest BCUT2D eigenvalue weighted by Gasteiger charge is -2.32. The van der Waals surface area contributed by atoms with Gasteiger partial charge in [-0.15, -0.1) is 0 Å². The van der Waals surface area contributed by atoms with E-state index in [-0.39, 0.29) is 17.3 Å². The van der Waals surface area contributed by atoms with Crippen LogP contribution >= 0.6 is 0 Å². The van der Waals surface area contributed by atoms with Crippen LogP contribution in [-0.2, 0) is 9.53 Å². The summed E-state index contributed by atoms with van der Waals surface area (Å²) >= 11 is 0. The molecule has 0 saturated heterocycles. The van der Waals surface area contributed by atoms with E-state index in [0.29, 0.717) is 12.5 Å². The van der Waals surface area contributed by atoms with Gasteiger partial charge in [0.1, 0.15) is 0 Å². The molecule has 0 aromatic heterocycles. The molecule has 0 spiro atoms. The highest BCUT2D eigenvalue weighted by molar-refractivity contribution is 5.72. The first-order valence-corrected chi connectivity index (χ1v) is 13.8. The number of carbonyl (C=O) groups is 1. The van der Waals surface area contributed by atoms with Gasteiger partial charge in [0.15, 0.2) is 0 Å². The van der Waals surface area contributed by atoms with E-state index in [4.69, 9.17) is 4.74 Å². The molecule has 1 aromatic rings. The molecule has 0 N–H and O–H groups in total. The minimum atomic E-state index is 0.0687. The van der Waals surface area contributed by atoms with Crippen LogP contribution in [0.2, 0.25) is 0 Å². The molecule has 1 unspecified atom stereocenters. The van der Waals surface area contributed by atoms with E-state index in [2.05, 4.69) is 51.1 Å². The molecule has 1 aliphatic carbocycles. The lowest BCUT2D eigenvalue weighted by atomic mass is 9.78. The zero-order valence-electron chi connectivity index (χ0n) is 21.4. The third-order valence-electron chi connectivity index (χ3n) is 7.66. The van der Waals surface area contributed by atoms with Crippen LogP contribution in [0.5, 0.6) is 0 Å². The molecule has 0 bridgehead atoms. The lowest BCUT2D eigenvalue weighted by Crippen LogP contribution is -2.29. The summed E-state index contributed by atoms with van der Waals surface area (Å²) in [6.45, 7) is 7.52. The van der Waals surface area contributed by atoms with Gasteiger partial charge in [-0.3, -0.25) is 4.79 Å². The van der Waals surface area contributed by atoms with Crippen LogP contribution < -0.4 is 0 Å². The van der Waals surface area contributed by atoms with Crippen molar-refractivity contribution < 1.29 is 9.53 Å². The van der Waals surface area contributed by atoms with Crippen LogP contribution in [-0.4, -0.2) is 12.6 Å². The Hall–Kier alpha value is -1.31. The molecule has 1 saturated carbocycles. The first kappa shape index (κ1) is 26.9. The van der Waals surface area contributed by atoms with Gasteiger partial charge < -0.3 is 4.74 Å². The summed E-state index contributed by atoms with van der Waals surface area (Å²) in [5.41, 5.74) is 1.58. The van der Waals surface area contributed by atoms with Crippen molar-refractivity contribution in [3.63, 3.8) is 0 Å². The summed E-state index contributed by atoms with van der Waals surface area (Å²) in [6, 6.07) is 10.8. The van der Waals surface area contributed by atoms with Gasteiger partial charge in [0.25, 0.3) is 0 Å². The number of esters is 1. The van der Waals surface area contributed by atoms with Crippen LogP contribution in [0.4, 0.5) is 0 Å². The molecule has 2 nitrogen and oxygen atoms in total. The lowest BCUT2D eigenvalue weighted by molar-refractivity contribution is -0.153. The van der Waals surface area contributed by atoms with E-state index < -0.39 is 0 Å². The highest BCUT2D eigenvalue weighted by Crippen LogP contribution is 2.37. The average molecular weight is 443 g/mol. The van der Waals surface area contributed by atoms with E-state index in [1.807, 2.05) is 0 Å². The van der Waals surface area contributed by atoms with Crippen molar-refractivity contribution >= 4 is 5.97 Å². The van der Waals surface area contributed by atoms with Crippen molar-refractivity contribution in [2.24, 2.45) is 11.3 Å². The predicted octanol–water partition coefficient (Wildman–Crippen LogP) is 9.23. The van der Waals surface area contributed by atoms with Gasteiger partial charge in [-0.05, 0) is 50.0 Å². The summed E-state index contributed by atoms with van der Waals surface area (Å²) in [7, 11) is 0. The van der Waals surface area contributed by atoms with E-state index in [9.17, 15) is 4.79 Å². The maximum Gasteiger partial charge on any atom is 0.308 e. The topological polar surface area (TPSA) is 26.3 Å². The molecule has 0 amide bonds. The summed E-state index contributed by atoms with van der Waals surface area (Å²) < 4.78 is 6.00. The second kappa shape index (κ2) is 15.5. The summed E-state index contributed by atoms with van der Waals surface area (Å²) in [6.07, 6.45) is 19.7. The molecule has 2 rings (SSSR count). The smallest absolute Gasteiger partial charge is 0.308 e. The molecular weight excluding hydrogens is 392 g/mol. The highest BCUT2D eigenvalue weighted by Gasteiger charge is 2.31. The SMILES string of the molecule is CCCCCCCCC(C)(CCCCCC)COC(=O)C1CCC(c2ccccc2)CC1. The molecule has 0 radical (unpaired) electrons. The number of unbranched alkanes of at least 4 members (excludes halogenated alkanes) is 8. The Morgan fingerprint density at radius 3 is 1.94 bits per heavy atom. The Bertz CT molecular complexity index is 603. The molecule has 1 fully saturated rings. The molecule has 1 atom stereocenters. The van der Waals surface area contributed by atoms with E-state index in [0.717, 1.165) is 25.7 Å². The van der Waals surface area contributed by atoms with Crippen molar-refractivity contribution in [3.8, 4) is 0 Å². The molecular formula is C30H50O2. The largest absolute Gasteiger partial charge is 0.465 e. The second-order valence-corrected chi connectivity index (χ2v) is 10.7. The van der Waals surface area contributed by atoms with Crippen molar-refractivity contribution in [2.45, 2.75) is 129 Å². The van der Waals surface area contributed by atoms with Crippen LogP contribution in [0.25, 0.3) is 0 Å². The standard InChI is InChI=1S/C30H50O2/c1-4-6-8-10-11-16-24-30(3,23-15-9-7-5-2)25-32-29(31)28-21-19-27(20-22-28)26-17-13-12-14-18-26/h12-14,17-18,27-28H,4-11,15-16,19-25H2,1-3H3. The van der Waals surface area contributed by atoms with Gasteiger partial charge in [0.05, 0.1) is 12.5 Å². The van der Waals surface area contributed by atoms with Gasteiger partial charge in [0.2, 0.25) is 0 Å². The fourth-order valence-corrected chi connectivity index (χ4v) is 5.33. The maximum atomic E-state index is 12.9. The normalized spacial score (nSPS) is 20.6. The number of hydrogen-bond acceptors (Lipinski definition) is 2. The van der Waals surface area contributed by atoms with Gasteiger partial charge in [-0.2, -0.15) is 0 Å². The van der Waals surface area contributed by atoms with Gasteiger partial charge in [0, 0.05) is 5.41 Å². The van der Waals surface area contributed by atoms with E-state index >= 15 is 0 Å². The Kier molecular flexibility index (Phi) is 13.1. The van der Waals surface area contributed by atoms with Crippen LogP contribution in [0, 0.1) is 11.3 Å². The van der Waals surface area contributed by atoms with E-state index in [1.165, 1.54) is 82.6 Å². The van der Waals surface area contributed by atoms with Crippen molar-refractivity contribution in [1.29, 1.82) is 0 Å². The second-order valence-electron chi connectivity index (χ2n) is 10.7. The maximum absolute atomic E-state index is 12.9. The number of carbonyl (C=O) groups excluding carboxylic acids is 1. The number of hydrogen-bond donors (Lipinski definition) is 0. The molecule has 1 aromatic carbocycles. The number of ether oxygens (including phenoxy) is 1. The number of benzene rings is 1.